The monoisotopic (exact) mass is 479 g/mol. The molecule has 0 bridgehead atoms. The number of hydrogen-bond acceptors (Lipinski definition) is 7. The van der Waals surface area contributed by atoms with Crippen molar-refractivity contribution in [2.45, 2.75) is 28.7 Å². The second kappa shape index (κ2) is 8.99. The Kier molecular flexibility index (Phi) is 6.33. The summed E-state index contributed by atoms with van der Waals surface area (Å²) in [6.07, 6.45) is 2.75. The van der Waals surface area contributed by atoms with Gasteiger partial charge in [0.2, 0.25) is 0 Å². The average Bonchev–Trinajstić information content (AvgIpc) is 3.40. The lowest BCUT2D eigenvalue weighted by Crippen LogP contribution is -2.41. The van der Waals surface area contributed by atoms with Crippen LogP contribution in [0, 0.1) is 11.6 Å². The van der Waals surface area contributed by atoms with Gasteiger partial charge < -0.3 is 5.11 Å². The van der Waals surface area contributed by atoms with Crippen LogP contribution in [0.15, 0.2) is 59.5 Å². The summed E-state index contributed by atoms with van der Waals surface area (Å²) in [6, 6.07) is 10.3. The molecule has 0 amide bonds. The predicted molar refractivity (Wildman–Crippen MR) is 116 cm³/mol. The zero-order valence-electron chi connectivity index (χ0n) is 16.1. The van der Waals surface area contributed by atoms with E-state index in [1.807, 2.05) is 12.1 Å². The molecule has 2 heterocycles. The Labute approximate surface area is 190 Å². The van der Waals surface area contributed by atoms with Crippen LogP contribution in [0.25, 0.3) is 11.4 Å². The van der Waals surface area contributed by atoms with Crippen LogP contribution >= 0.6 is 34.9 Å². The maximum Gasteiger partial charge on any atom is 0.174 e. The molecule has 1 N–H and O–H groups in total. The Bertz CT molecular complexity index is 1170. The Hall–Kier alpha value is -2.40. The molecule has 4 aromatic rings. The first-order valence-electron chi connectivity index (χ1n) is 9.12. The van der Waals surface area contributed by atoms with Gasteiger partial charge in [0.1, 0.15) is 29.9 Å². The number of aliphatic hydroxyl groups is 1. The fourth-order valence-corrected chi connectivity index (χ4v) is 5.18. The van der Waals surface area contributed by atoms with Crippen molar-refractivity contribution >= 4 is 34.9 Å². The van der Waals surface area contributed by atoms with Gasteiger partial charge in [-0.1, -0.05) is 29.4 Å². The lowest BCUT2D eigenvalue weighted by molar-refractivity contribution is 0.0133. The molecule has 0 aliphatic heterocycles. The molecule has 0 saturated heterocycles. The summed E-state index contributed by atoms with van der Waals surface area (Å²) in [6.45, 7) is 1.67. The van der Waals surface area contributed by atoms with Crippen LogP contribution in [0.1, 0.15) is 12.5 Å². The van der Waals surface area contributed by atoms with Gasteiger partial charge in [-0.3, -0.25) is 0 Å². The Morgan fingerprint density at radius 1 is 1.23 bits per heavy atom. The third kappa shape index (κ3) is 4.77. The molecule has 0 fully saturated rings. The van der Waals surface area contributed by atoms with Crippen LogP contribution in [-0.2, 0) is 12.1 Å². The molecule has 4 rings (SSSR count). The molecule has 2 aromatic carbocycles. The van der Waals surface area contributed by atoms with E-state index in [1.165, 1.54) is 46.7 Å². The third-order valence-corrected chi connectivity index (χ3v) is 7.04. The zero-order valence-corrected chi connectivity index (χ0v) is 18.5. The lowest BCUT2D eigenvalue weighted by atomic mass is 9.90. The van der Waals surface area contributed by atoms with Crippen LogP contribution in [0.5, 0.6) is 0 Å². The lowest BCUT2D eigenvalue weighted by Gasteiger charge is -2.33. The van der Waals surface area contributed by atoms with E-state index in [0.29, 0.717) is 15.2 Å². The van der Waals surface area contributed by atoms with Gasteiger partial charge in [0, 0.05) is 27.5 Å². The van der Waals surface area contributed by atoms with Crippen molar-refractivity contribution in [1.82, 2.24) is 24.1 Å². The molecule has 2 unspecified atom stereocenters. The third-order valence-electron chi connectivity index (χ3n) is 4.73. The smallest absolute Gasteiger partial charge is 0.174 e. The van der Waals surface area contributed by atoms with E-state index in [0.717, 1.165) is 17.7 Å². The number of hydrogen-bond donors (Lipinski definition) is 1. The maximum absolute atomic E-state index is 14.6. The van der Waals surface area contributed by atoms with Crippen LogP contribution in [-0.4, -0.2) is 34.5 Å². The van der Waals surface area contributed by atoms with Crippen molar-refractivity contribution in [3.05, 3.63) is 77.3 Å². The molecule has 160 valence electrons. The molecular formula is C20H16ClF2N5OS2. The molecule has 0 radical (unpaired) electrons. The van der Waals surface area contributed by atoms with Crippen LogP contribution in [0.3, 0.4) is 0 Å². The standard InChI is InChI=1S/C20H16ClF2N5OS2/c1-12(30-19-26-18(27-31-19)13-2-4-14(21)5-3-13)20(29,9-28-11-24-10-25-28)16-7-6-15(22)8-17(16)23/h2-8,10-12,29H,9H2,1H3. The second-order valence-electron chi connectivity index (χ2n) is 6.79. The fourth-order valence-electron chi connectivity index (χ4n) is 3.06. The van der Waals surface area contributed by atoms with Crippen molar-refractivity contribution in [1.29, 1.82) is 0 Å². The van der Waals surface area contributed by atoms with Gasteiger partial charge in [0.15, 0.2) is 10.2 Å². The van der Waals surface area contributed by atoms with Gasteiger partial charge >= 0.3 is 0 Å². The minimum Gasteiger partial charge on any atom is -0.382 e. The molecule has 0 aliphatic carbocycles. The summed E-state index contributed by atoms with van der Waals surface area (Å²) >= 11 is 8.34. The van der Waals surface area contributed by atoms with Gasteiger partial charge in [-0.05, 0) is 48.8 Å². The van der Waals surface area contributed by atoms with Gasteiger partial charge in [0.05, 0.1) is 6.54 Å². The summed E-state index contributed by atoms with van der Waals surface area (Å²) in [5, 5.41) is 15.6. The van der Waals surface area contributed by atoms with Gasteiger partial charge in [-0.2, -0.15) is 9.47 Å². The predicted octanol–water partition coefficient (Wildman–Crippen LogP) is 4.80. The Morgan fingerprint density at radius 3 is 2.68 bits per heavy atom. The molecule has 0 aliphatic rings. The van der Waals surface area contributed by atoms with Gasteiger partial charge in [-0.25, -0.2) is 23.4 Å². The summed E-state index contributed by atoms with van der Waals surface area (Å²) in [5.74, 6) is -1.03. The fraction of sp³-hybridized carbons (Fsp3) is 0.200. The van der Waals surface area contributed by atoms with E-state index in [2.05, 4.69) is 19.4 Å². The number of rotatable bonds is 7. The van der Waals surface area contributed by atoms with Crippen LogP contribution < -0.4 is 0 Å². The number of aromatic nitrogens is 5. The van der Waals surface area contributed by atoms with Crippen LogP contribution in [0.2, 0.25) is 5.02 Å². The van der Waals surface area contributed by atoms with E-state index in [9.17, 15) is 13.9 Å². The molecule has 0 spiro atoms. The number of nitrogens with zero attached hydrogens (tertiary/aromatic N) is 5. The van der Waals surface area contributed by atoms with E-state index < -0.39 is 22.5 Å². The molecule has 2 atom stereocenters. The minimum absolute atomic E-state index is 0.0353. The number of thioether (sulfide) groups is 1. The largest absolute Gasteiger partial charge is 0.382 e. The molecule has 2 aromatic heterocycles. The van der Waals surface area contributed by atoms with E-state index in [4.69, 9.17) is 11.6 Å². The zero-order chi connectivity index (χ0) is 22.0. The summed E-state index contributed by atoms with van der Waals surface area (Å²) in [5.41, 5.74) is -0.947. The SMILES string of the molecule is CC(Sc1nc(-c2ccc(Cl)cc2)ns1)C(O)(Cn1cncn1)c1ccc(F)cc1F. The summed E-state index contributed by atoms with van der Waals surface area (Å²) < 4.78 is 34.5. The molecular weight excluding hydrogens is 464 g/mol. The summed E-state index contributed by atoms with van der Waals surface area (Å²) in [7, 11) is 0. The number of benzene rings is 2. The summed E-state index contributed by atoms with van der Waals surface area (Å²) in [4.78, 5) is 8.39. The van der Waals surface area contributed by atoms with Gasteiger partial charge in [-0.15, -0.1) is 0 Å². The first kappa shape index (κ1) is 21.8. The Morgan fingerprint density at radius 2 is 2.00 bits per heavy atom. The molecule has 0 saturated carbocycles. The van der Waals surface area contributed by atoms with E-state index in [-0.39, 0.29) is 12.1 Å². The molecule has 11 heteroatoms. The normalized spacial score (nSPS) is 14.4. The highest BCUT2D eigenvalue weighted by Crippen LogP contribution is 2.40. The average molecular weight is 480 g/mol. The quantitative estimate of drug-likeness (QED) is 0.384. The topological polar surface area (TPSA) is 76.7 Å². The van der Waals surface area contributed by atoms with Crippen molar-refractivity contribution < 1.29 is 13.9 Å². The highest BCUT2D eigenvalue weighted by atomic mass is 35.5. The molecule has 6 nitrogen and oxygen atoms in total. The van der Waals surface area contributed by atoms with Crippen molar-refractivity contribution in [3.63, 3.8) is 0 Å². The maximum atomic E-state index is 14.6. The number of halogens is 3. The van der Waals surface area contributed by atoms with Crippen molar-refractivity contribution in [3.8, 4) is 11.4 Å². The molecule has 31 heavy (non-hydrogen) atoms. The highest BCUT2D eigenvalue weighted by molar-refractivity contribution is 8.01. The minimum atomic E-state index is -1.72. The highest BCUT2D eigenvalue weighted by Gasteiger charge is 2.40. The first-order chi connectivity index (χ1) is 14.8. The Balaban J connectivity index is 1.63. The van der Waals surface area contributed by atoms with Gasteiger partial charge in [0.25, 0.3) is 0 Å². The second-order valence-corrected chi connectivity index (χ2v) is 9.57. The van der Waals surface area contributed by atoms with Crippen LogP contribution in [0.4, 0.5) is 8.78 Å². The van der Waals surface area contributed by atoms with Crippen molar-refractivity contribution in [2.75, 3.05) is 0 Å². The van der Waals surface area contributed by atoms with Crippen molar-refractivity contribution in [2.24, 2.45) is 0 Å². The van der Waals surface area contributed by atoms with E-state index in [1.54, 1.807) is 19.1 Å². The van der Waals surface area contributed by atoms with E-state index >= 15 is 0 Å². The first-order valence-corrected chi connectivity index (χ1v) is 11.1.